The maximum Gasteiger partial charge on any atom is 0.161 e. The summed E-state index contributed by atoms with van der Waals surface area (Å²) in [6.07, 6.45) is 4.09. The highest BCUT2D eigenvalue weighted by molar-refractivity contribution is 6.42. The van der Waals surface area contributed by atoms with Gasteiger partial charge in [-0.25, -0.2) is 0 Å². The lowest BCUT2D eigenvalue weighted by molar-refractivity contribution is -0.116. The molecule has 1 aliphatic carbocycles. The lowest BCUT2D eigenvalue weighted by Crippen LogP contribution is -2.27. The number of aromatic nitrogens is 1. The topological polar surface area (TPSA) is 42.0 Å². The minimum Gasteiger partial charge on any atom is -0.373 e. The van der Waals surface area contributed by atoms with Crippen LogP contribution in [0.3, 0.4) is 0 Å². The van der Waals surface area contributed by atoms with Gasteiger partial charge in [-0.05, 0) is 48.2 Å². The van der Waals surface area contributed by atoms with E-state index < -0.39 is 0 Å². The van der Waals surface area contributed by atoms with Gasteiger partial charge in [0, 0.05) is 34.8 Å². The third-order valence-corrected chi connectivity index (χ3v) is 6.26. The van der Waals surface area contributed by atoms with Crippen molar-refractivity contribution in [2.24, 2.45) is 0 Å². The molecule has 0 spiro atoms. The smallest absolute Gasteiger partial charge is 0.161 e. The van der Waals surface area contributed by atoms with Crippen LogP contribution in [0.2, 0.25) is 10.0 Å². The number of fused-ring (bicyclic) bond motifs is 4. The van der Waals surface area contributed by atoms with Gasteiger partial charge in [0.05, 0.1) is 21.6 Å². The first-order valence-corrected chi connectivity index (χ1v) is 9.75. The second kappa shape index (κ2) is 6.36. The van der Waals surface area contributed by atoms with E-state index in [4.69, 9.17) is 23.2 Å². The normalized spacial score (nSPS) is 18.9. The minimum atomic E-state index is -0.291. The van der Waals surface area contributed by atoms with Crippen molar-refractivity contribution in [3.05, 3.63) is 75.4 Å². The highest BCUT2D eigenvalue weighted by atomic mass is 35.5. The Morgan fingerprint density at radius 1 is 1.04 bits per heavy atom. The van der Waals surface area contributed by atoms with Crippen LogP contribution in [0.15, 0.2) is 54.2 Å². The number of halogens is 2. The van der Waals surface area contributed by atoms with E-state index in [-0.39, 0.29) is 11.8 Å². The lowest BCUT2D eigenvalue weighted by atomic mass is 9.77. The number of pyridine rings is 1. The molecule has 0 radical (unpaired) electrons. The highest BCUT2D eigenvalue weighted by Gasteiger charge is 2.36. The van der Waals surface area contributed by atoms with Crippen LogP contribution >= 0.6 is 23.2 Å². The third kappa shape index (κ3) is 2.57. The minimum absolute atomic E-state index is 0.177. The number of carbonyl (C=O) groups is 1. The molecular weight excluding hydrogens is 379 g/mol. The zero-order valence-corrected chi connectivity index (χ0v) is 15.9. The molecule has 5 rings (SSSR count). The summed E-state index contributed by atoms with van der Waals surface area (Å²) >= 11 is 12.8. The maximum atomic E-state index is 13.0. The first-order valence-electron chi connectivity index (χ1n) is 9.00. The number of ketones is 1. The van der Waals surface area contributed by atoms with Gasteiger partial charge in [-0.1, -0.05) is 41.4 Å². The van der Waals surface area contributed by atoms with E-state index in [1.165, 1.54) is 0 Å². The zero-order valence-electron chi connectivity index (χ0n) is 14.4. The van der Waals surface area contributed by atoms with Crippen LogP contribution in [0.25, 0.3) is 16.5 Å². The number of anilines is 1. The van der Waals surface area contributed by atoms with Gasteiger partial charge in [0.25, 0.3) is 0 Å². The van der Waals surface area contributed by atoms with Crippen LogP contribution in [0, 0.1) is 0 Å². The number of hydrogen-bond acceptors (Lipinski definition) is 3. The molecule has 1 N–H and O–H groups in total. The summed E-state index contributed by atoms with van der Waals surface area (Å²) in [7, 11) is 0. The van der Waals surface area contributed by atoms with Crippen molar-refractivity contribution in [3.63, 3.8) is 0 Å². The maximum absolute atomic E-state index is 13.0. The molecule has 3 aromatic rings. The largest absolute Gasteiger partial charge is 0.373 e. The van der Waals surface area contributed by atoms with Crippen molar-refractivity contribution in [2.75, 3.05) is 5.32 Å². The Labute approximate surface area is 167 Å². The molecule has 1 aliphatic heterocycles. The van der Waals surface area contributed by atoms with Gasteiger partial charge in [-0.3, -0.25) is 9.78 Å². The number of benzene rings is 2. The number of allylic oxidation sites excluding steroid dienone is 1. The standard InChI is InChI=1S/C22H16Cl2N2O/c23-15-7-1-5-14(21(15)24)22-20-13(4-2-8-18(20)27)19-12-6-3-11-25-16(12)9-10-17(19)26-22/h1,3,5-7,9-11,22,26H,2,4,8H2/t22-/m1/s1. The fraction of sp³-hybridized carbons (Fsp3) is 0.182. The van der Waals surface area contributed by atoms with Crippen LogP contribution in [0.1, 0.15) is 36.4 Å². The summed E-state index contributed by atoms with van der Waals surface area (Å²) < 4.78 is 0. The Bertz CT molecular complexity index is 1140. The molecule has 2 heterocycles. The van der Waals surface area contributed by atoms with Crippen molar-refractivity contribution in [3.8, 4) is 0 Å². The Morgan fingerprint density at radius 2 is 1.93 bits per heavy atom. The average molecular weight is 395 g/mol. The second-order valence-corrected chi connectivity index (χ2v) is 7.73. The molecule has 3 nitrogen and oxygen atoms in total. The predicted octanol–water partition coefficient (Wildman–Crippen LogP) is 6.22. The first-order chi connectivity index (χ1) is 13.1. The third-order valence-electron chi connectivity index (χ3n) is 5.42. The van der Waals surface area contributed by atoms with E-state index in [0.29, 0.717) is 16.5 Å². The summed E-state index contributed by atoms with van der Waals surface area (Å²) in [5.74, 6) is 0.177. The second-order valence-electron chi connectivity index (χ2n) is 6.95. The monoisotopic (exact) mass is 394 g/mol. The number of rotatable bonds is 1. The molecule has 134 valence electrons. The average Bonchev–Trinajstić information content (AvgIpc) is 2.69. The number of nitrogens with zero attached hydrogens (tertiary/aromatic N) is 1. The van der Waals surface area contributed by atoms with Crippen molar-refractivity contribution in [2.45, 2.75) is 25.3 Å². The van der Waals surface area contributed by atoms with Gasteiger partial charge in [-0.2, -0.15) is 0 Å². The number of Topliss-reactive ketones (excluding diaryl/α,β-unsaturated/α-hetero) is 1. The molecule has 0 bridgehead atoms. The van der Waals surface area contributed by atoms with Gasteiger partial charge in [-0.15, -0.1) is 0 Å². The fourth-order valence-corrected chi connectivity index (χ4v) is 4.68. The van der Waals surface area contributed by atoms with Crippen molar-refractivity contribution in [1.29, 1.82) is 0 Å². The molecule has 2 aromatic carbocycles. The van der Waals surface area contributed by atoms with Crippen LogP contribution < -0.4 is 5.32 Å². The quantitative estimate of drug-likeness (QED) is 0.532. The Balaban J connectivity index is 1.81. The number of nitrogens with one attached hydrogen (secondary N) is 1. The van der Waals surface area contributed by atoms with E-state index in [9.17, 15) is 4.79 Å². The summed E-state index contributed by atoms with van der Waals surface area (Å²) in [5, 5.41) is 5.61. The van der Waals surface area contributed by atoms with Gasteiger partial charge >= 0.3 is 0 Å². The van der Waals surface area contributed by atoms with Crippen LogP contribution in [0.5, 0.6) is 0 Å². The van der Waals surface area contributed by atoms with E-state index in [1.807, 2.05) is 30.3 Å². The molecule has 2 aliphatic rings. The van der Waals surface area contributed by atoms with E-state index in [2.05, 4.69) is 16.4 Å². The molecule has 0 fully saturated rings. The molecule has 0 saturated carbocycles. The summed E-state index contributed by atoms with van der Waals surface area (Å²) in [6, 6.07) is 13.3. The fourth-order valence-electron chi connectivity index (χ4n) is 4.26. The Kier molecular flexibility index (Phi) is 3.96. The van der Waals surface area contributed by atoms with Crippen molar-refractivity contribution >= 4 is 51.1 Å². The van der Waals surface area contributed by atoms with Gasteiger partial charge in [0.15, 0.2) is 5.78 Å². The molecular formula is C22H16Cl2N2O. The van der Waals surface area contributed by atoms with E-state index >= 15 is 0 Å². The summed E-state index contributed by atoms with van der Waals surface area (Å²) in [5.41, 5.74) is 5.79. The summed E-state index contributed by atoms with van der Waals surface area (Å²) in [6.45, 7) is 0. The lowest BCUT2D eigenvalue weighted by Gasteiger charge is -2.35. The number of hydrogen-bond donors (Lipinski definition) is 1. The molecule has 27 heavy (non-hydrogen) atoms. The zero-order chi connectivity index (χ0) is 18.5. The highest BCUT2D eigenvalue weighted by Crippen LogP contribution is 2.49. The molecule has 1 aromatic heterocycles. The predicted molar refractivity (Wildman–Crippen MR) is 110 cm³/mol. The molecule has 0 amide bonds. The molecule has 0 unspecified atom stereocenters. The van der Waals surface area contributed by atoms with E-state index in [0.717, 1.165) is 51.7 Å². The van der Waals surface area contributed by atoms with Crippen molar-refractivity contribution < 1.29 is 4.79 Å². The van der Waals surface area contributed by atoms with Crippen LogP contribution in [-0.4, -0.2) is 10.8 Å². The van der Waals surface area contributed by atoms with E-state index in [1.54, 1.807) is 12.3 Å². The van der Waals surface area contributed by atoms with Crippen LogP contribution in [0.4, 0.5) is 5.69 Å². The van der Waals surface area contributed by atoms with Crippen molar-refractivity contribution in [1.82, 2.24) is 4.98 Å². The Morgan fingerprint density at radius 3 is 2.81 bits per heavy atom. The molecule has 5 heteroatoms. The molecule has 1 atom stereocenters. The SMILES string of the molecule is O=C1CCCC2=C1[C@@H](c1cccc(Cl)c1Cl)Nc1ccc3ncccc3c12. The van der Waals surface area contributed by atoms with Gasteiger partial charge in [0.2, 0.25) is 0 Å². The van der Waals surface area contributed by atoms with Gasteiger partial charge in [0.1, 0.15) is 0 Å². The number of carbonyl (C=O) groups excluding carboxylic acids is 1. The summed E-state index contributed by atoms with van der Waals surface area (Å²) in [4.78, 5) is 17.4. The van der Waals surface area contributed by atoms with Gasteiger partial charge < -0.3 is 5.32 Å². The van der Waals surface area contributed by atoms with Crippen LogP contribution in [-0.2, 0) is 4.79 Å². The Hall–Kier alpha value is -2.36. The molecule has 0 saturated heterocycles. The first kappa shape index (κ1) is 16.8.